The molecule has 98 valence electrons. The van der Waals surface area contributed by atoms with E-state index in [1.807, 2.05) is 30.3 Å². The van der Waals surface area contributed by atoms with Crippen LogP contribution in [0.25, 0.3) is 0 Å². The topological polar surface area (TPSA) is 70.4 Å². The van der Waals surface area contributed by atoms with Gasteiger partial charge in [0.25, 0.3) is 0 Å². The van der Waals surface area contributed by atoms with E-state index < -0.39 is 12.1 Å². The number of aromatic carboxylic acids is 1. The number of carboxylic acid groups (broad SMARTS) is 1. The van der Waals surface area contributed by atoms with E-state index in [0.717, 1.165) is 10.5 Å². The summed E-state index contributed by atoms with van der Waals surface area (Å²) >= 11 is 1.40. The zero-order valence-corrected chi connectivity index (χ0v) is 10.9. The molecule has 2 aromatic rings. The van der Waals surface area contributed by atoms with E-state index in [0.29, 0.717) is 5.75 Å². The fraction of sp³-hybridized carbons (Fsp3) is 0.143. The van der Waals surface area contributed by atoms with Gasteiger partial charge in [0.2, 0.25) is 0 Å². The fourth-order valence-electron chi connectivity index (χ4n) is 1.56. The van der Waals surface area contributed by atoms with Gasteiger partial charge in [-0.05, 0) is 17.7 Å². The minimum Gasteiger partial charge on any atom is -0.477 e. The van der Waals surface area contributed by atoms with Crippen LogP contribution in [0.5, 0.6) is 0 Å². The molecule has 0 amide bonds. The number of pyridine rings is 1. The van der Waals surface area contributed by atoms with Crippen molar-refractivity contribution < 1.29 is 15.0 Å². The van der Waals surface area contributed by atoms with Crippen LogP contribution < -0.4 is 0 Å². The van der Waals surface area contributed by atoms with Gasteiger partial charge in [-0.15, -0.1) is 11.8 Å². The van der Waals surface area contributed by atoms with Gasteiger partial charge in [0.15, 0.2) is 0 Å². The molecule has 0 bridgehead atoms. The van der Waals surface area contributed by atoms with Gasteiger partial charge in [-0.3, -0.25) is 0 Å². The maximum atomic E-state index is 10.8. The highest BCUT2D eigenvalue weighted by molar-refractivity contribution is 7.99. The second-order valence-electron chi connectivity index (χ2n) is 3.92. The van der Waals surface area contributed by atoms with Gasteiger partial charge in [-0.1, -0.05) is 30.3 Å². The van der Waals surface area contributed by atoms with E-state index >= 15 is 0 Å². The summed E-state index contributed by atoms with van der Waals surface area (Å²) in [6, 6.07) is 12.6. The zero-order valence-electron chi connectivity index (χ0n) is 10.1. The summed E-state index contributed by atoms with van der Waals surface area (Å²) in [7, 11) is 0. The molecule has 0 aliphatic heterocycles. The lowest BCUT2D eigenvalue weighted by atomic mass is 10.1. The molecule has 0 radical (unpaired) electrons. The molecule has 2 N–H and O–H groups in total. The summed E-state index contributed by atoms with van der Waals surface area (Å²) in [5.74, 6) is -0.585. The molecule has 0 spiro atoms. The minimum atomic E-state index is -1.05. The van der Waals surface area contributed by atoms with E-state index in [2.05, 4.69) is 4.98 Å². The van der Waals surface area contributed by atoms with Crippen molar-refractivity contribution in [2.45, 2.75) is 11.0 Å². The van der Waals surface area contributed by atoms with Gasteiger partial charge >= 0.3 is 5.97 Å². The summed E-state index contributed by atoms with van der Waals surface area (Å²) in [4.78, 5) is 15.3. The van der Waals surface area contributed by atoms with E-state index in [1.165, 1.54) is 24.0 Å². The first-order valence-corrected chi connectivity index (χ1v) is 6.70. The lowest BCUT2D eigenvalue weighted by Gasteiger charge is -2.10. The quantitative estimate of drug-likeness (QED) is 0.821. The second kappa shape index (κ2) is 6.36. The Morgan fingerprint density at radius 1 is 1.26 bits per heavy atom. The summed E-state index contributed by atoms with van der Waals surface area (Å²) in [6.45, 7) is 0. The molecular formula is C14H13NO3S. The Hall–Kier alpha value is -1.85. The molecular weight excluding hydrogens is 262 g/mol. The van der Waals surface area contributed by atoms with E-state index in [-0.39, 0.29) is 5.69 Å². The first-order chi connectivity index (χ1) is 9.16. The second-order valence-corrected chi connectivity index (χ2v) is 5.01. The number of thioether (sulfide) groups is 1. The van der Waals surface area contributed by atoms with Crippen LogP contribution in [0.15, 0.2) is 53.6 Å². The monoisotopic (exact) mass is 275 g/mol. The molecule has 5 heteroatoms. The summed E-state index contributed by atoms with van der Waals surface area (Å²) in [5.41, 5.74) is 0.863. The molecule has 1 heterocycles. The number of carbonyl (C=O) groups is 1. The largest absolute Gasteiger partial charge is 0.477 e. The van der Waals surface area contributed by atoms with E-state index in [9.17, 15) is 9.90 Å². The van der Waals surface area contributed by atoms with E-state index in [4.69, 9.17) is 5.11 Å². The van der Waals surface area contributed by atoms with Crippen LogP contribution in [0.4, 0.5) is 0 Å². The highest BCUT2D eigenvalue weighted by Crippen LogP contribution is 2.24. The van der Waals surface area contributed by atoms with Crippen LogP contribution >= 0.6 is 11.8 Å². The van der Waals surface area contributed by atoms with Crippen LogP contribution in [0.1, 0.15) is 22.2 Å². The molecule has 0 aliphatic rings. The van der Waals surface area contributed by atoms with Crippen LogP contribution in [0.2, 0.25) is 0 Å². The molecule has 0 saturated carbocycles. The third-order valence-corrected chi connectivity index (χ3v) is 3.61. The molecule has 1 atom stereocenters. The SMILES string of the molecule is O=C(O)c1cc(SCC(O)c2ccccc2)ccn1. The lowest BCUT2D eigenvalue weighted by molar-refractivity contribution is 0.0690. The Kier molecular flexibility index (Phi) is 4.54. The average Bonchev–Trinajstić information content (AvgIpc) is 2.46. The highest BCUT2D eigenvalue weighted by atomic mass is 32.2. The van der Waals surface area contributed by atoms with Crippen molar-refractivity contribution in [2.75, 3.05) is 5.75 Å². The minimum absolute atomic E-state index is 0.0131. The van der Waals surface area contributed by atoms with E-state index in [1.54, 1.807) is 6.07 Å². The van der Waals surface area contributed by atoms with Gasteiger partial charge < -0.3 is 10.2 Å². The number of hydrogen-bond donors (Lipinski definition) is 2. The predicted molar refractivity (Wildman–Crippen MR) is 73.3 cm³/mol. The first kappa shape index (κ1) is 13.6. The van der Waals surface area contributed by atoms with Crippen molar-refractivity contribution in [1.29, 1.82) is 0 Å². The van der Waals surface area contributed by atoms with Crippen LogP contribution in [-0.2, 0) is 0 Å². The van der Waals surface area contributed by atoms with Crippen LogP contribution in [0, 0.1) is 0 Å². The average molecular weight is 275 g/mol. The van der Waals surface area contributed by atoms with Crippen molar-refractivity contribution >= 4 is 17.7 Å². The molecule has 4 nitrogen and oxygen atoms in total. The summed E-state index contributed by atoms with van der Waals surface area (Å²) in [6.07, 6.45) is 0.883. The molecule has 19 heavy (non-hydrogen) atoms. The Morgan fingerprint density at radius 3 is 2.68 bits per heavy atom. The maximum absolute atomic E-state index is 10.8. The smallest absolute Gasteiger partial charge is 0.354 e. The van der Waals surface area contributed by atoms with Gasteiger partial charge in [0.05, 0.1) is 6.10 Å². The van der Waals surface area contributed by atoms with Crippen molar-refractivity contribution in [3.63, 3.8) is 0 Å². The Balaban J connectivity index is 1.99. The molecule has 2 rings (SSSR count). The standard InChI is InChI=1S/C14H13NO3S/c16-13(10-4-2-1-3-5-10)9-19-11-6-7-15-12(8-11)14(17)18/h1-8,13,16H,9H2,(H,17,18). The predicted octanol–water partition coefficient (Wildman–Crippen LogP) is 2.61. The highest BCUT2D eigenvalue weighted by Gasteiger charge is 2.09. The number of benzene rings is 1. The number of nitrogens with zero attached hydrogens (tertiary/aromatic N) is 1. The molecule has 1 aromatic heterocycles. The first-order valence-electron chi connectivity index (χ1n) is 5.72. The van der Waals surface area contributed by atoms with Crippen LogP contribution in [0.3, 0.4) is 0 Å². The maximum Gasteiger partial charge on any atom is 0.354 e. The summed E-state index contributed by atoms with van der Waals surface area (Å²) < 4.78 is 0. The molecule has 0 saturated heterocycles. The van der Waals surface area contributed by atoms with Crippen molar-refractivity contribution in [3.05, 3.63) is 59.9 Å². The number of aliphatic hydroxyl groups is 1. The number of aliphatic hydroxyl groups excluding tert-OH is 1. The molecule has 1 aromatic carbocycles. The third kappa shape index (κ3) is 3.81. The zero-order chi connectivity index (χ0) is 13.7. The Labute approximate surface area is 115 Å². The number of rotatable bonds is 5. The number of carboxylic acids is 1. The molecule has 0 fully saturated rings. The van der Waals surface area contributed by atoms with Crippen molar-refractivity contribution in [1.82, 2.24) is 4.98 Å². The fourth-order valence-corrected chi connectivity index (χ4v) is 2.46. The van der Waals surface area contributed by atoms with Crippen molar-refractivity contribution in [3.8, 4) is 0 Å². The number of aromatic nitrogens is 1. The third-order valence-electron chi connectivity index (χ3n) is 2.54. The normalized spacial score (nSPS) is 12.1. The molecule has 1 unspecified atom stereocenters. The van der Waals surface area contributed by atoms with Gasteiger partial charge in [-0.2, -0.15) is 0 Å². The Bertz CT molecular complexity index is 560. The lowest BCUT2D eigenvalue weighted by Crippen LogP contribution is -2.02. The van der Waals surface area contributed by atoms with Gasteiger partial charge in [0, 0.05) is 16.8 Å². The Morgan fingerprint density at radius 2 is 2.00 bits per heavy atom. The molecule has 0 aliphatic carbocycles. The van der Waals surface area contributed by atoms with Gasteiger partial charge in [-0.25, -0.2) is 9.78 Å². The number of hydrogen-bond acceptors (Lipinski definition) is 4. The van der Waals surface area contributed by atoms with Crippen molar-refractivity contribution in [2.24, 2.45) is 0 Å². The van der Waals surface area contributed by atoms with Gasteiger partial charge in [0.1, 0.15) is 5.69 Å². The van der Waals surface area contributed by atoms with Crippen LogP contribution in [-0.4, -0.2) is 26.9 Å². The summed E-state index contributed by atoms with van der Waals surface area (Å²) in [5, 5.41) is 18.9.